The standard InChI is InChI=1S/C21H19NO6/c1-12-11-16(21(26)27-12)28-17(23)9-4-10-22-19(24)14-7-2-5-13-6-3-8-15(18(13)14)20(22)25/h2-3,5-8,12,16H,4,9-11H2,1H3. The average Bonchev–Trinajstić information content (AvgIpc) is 2.99. The van der Waals surface area contributed by atoms with Gasteiger partial charge in [0, 0.05) is 35.9 Å². The third-order valence-corrected chi connectivity index (χ3v) is 5.02. The SMILES string of the molecule is CC1CC(OC(=O)CCCN2C(=O)c3cccc4cccc(c34)C2=O)C(=O)O1. The van der Waals surface area contributed by atoms with Crippen LogP contribution in [0, 0.1) is 0 Å². The summed E-state index contributed by atoms with van der Waals surface area (Å²) in [5.41, 5.74) is 0.968. The molecule has 2 unspecified atom stereocenters. The van der Waals surface area contributed by atoms with Gasteiger partial charge in [0.15, 0.2) is 0 Å². The third-order valence-electron chi connectivity index (χ3n) is 5.02. The highest BCUT2D eigenvalue weighted by atomic mass is 16.6. The topological polar surface area (TPSA) is 90.0 Å². The fourth-order valence-electron chi connectivity index (χ4n) is 3.70. The van der Waals surface area contributed by atoms with Crippen LogP contribution >= 0.6 is 0 Å². The number of imide groups is 1. The molecule has 4 rings (SSSR count). The number of carbonyl (C=O) groups is 4. The van der Waals surface area contributed by atoms with E-state index in [-0.39, 0.29) is 37.3 Å². The molecule has 0 bridgehead atoms. The van der Waals surface area contributed by atoms with Gasteiger partial charge >= 0.3 is 11.9 Å². The van der Waals surface area contributed by atoms with Crippen LogP contribution in [0.3, 0.4) is 0 Å². The lowest BCUT2D eigenvalue weighted by molar-refractivity contribution is -0.160. The summed E-state index contributed by atoms with van der Waals surface area (Å²) in [5.74, 6) is -1.81. The fourth-order valence-corrected chi connectivity index (χ4v) is 3.70. The molecule has 2 aromatic rings. The molecule has 0 N–H and O–H groups in total. The van der Waals surface area contributed by atoms with Gasteiger partial charge in [-0.25, -0.2) is 4.79 Å². The van der Waals surface area contributed by atoms with Crippen molar-refractivity contribution in [1.82, 2.24) is 4.90 Å². The zero-order valence-electron chi connectivity index (χ0n) is 15.3. The quantitative estimate of drug-likeness (QED) is 0.584. The highest BCUT2D eigenvalue weighted by Crippen LogP contribution is 2.30. The molecule has 2 amide bonds. The van der Waals surface area contributed by atoms with Crippen molar-refractivity contribution in [3.8, 4) is 0 Å². The first-order chi connectivity index (χ1) is 13.5. The molecule has 0 saturated carbocycles. The molecule has 1 saturated heterocycles. The van der Waals surface area contributed by atoms with Gasteiger partial charge in [0.1, 0.15) is 6.10 Å². The molecule has 2 aromatic carbocycles. The van der Waals surface area contributed by atoms with Crippen LogP contribution in [0.1, 0.15) is 46.9 Å². The second kappa shape index (κ2) is 7.07. The van der Waals surface area contributed by atoms with Crippen molar-refractivity contribution in [3.05, 3.63) is 47.5 Å². The second-order valence-corrected chi connectivity index (χ2v) is 7.04. The molecule has 2 heterocycles. The maximum atomic E-state index is 12.8. The number of rotatable bonds is 5. The lowest BCUT2D eigenvalue weighted by Crippen LogP contribution is -2.41. The molecule has 0 aliphatic carbocycles. The van der Waals surface area contributed by atoms with Crippen molar-refractivity contribution in [2.24, 2.45) is 0 Å². The Hall–Kier alpha value is -3.22. The highest BCUT2D eigenvalue weighted by molar-refractivity contribution is 6.25. The summed E-state index contributed by atoms with van der Waals surface area (Å²) < 4.78 is 10.1. The van der Waals surface area contributed by atoms with Crippen molar-refractivity contribution < 1.29 is 28.7 Å². The Morgan fingerprint density at radius 2 is 1.75 bits per heavy atom. The van der Waals surface area contributed by atoms with Crippen LogP contribution in [0.5, 0.6) is 0 Å². The van der Waals surface area contributed by atoms with Gasteiger partial charge in [0.2, 0.25) is 6.10 Å². The van der Waals surface area contributed by atoms with Crippen LogP contribution in [0.15, 0.2) is 36.4 Å². The number of carbonyl (C=O) groups excluding carboxylic acids is 4. The number of esters is 2. The molecule has 2 atom stereocenters. The normalized spacial score (nSPS) is 21.2. The summed E-state index contributed by atoms with van der Waals surface area (Å²) in [6.07, 6.45) is -0.539. The van der Waals surface area contributed by atoms with Crippen LogP contribution in [0.2, 0.25) is 0 Å². The molecule has 0 aromatic heterocycles. The minimum Gasteiger partial charge on any atom is -0.460 e. The van der Waals surface area contributed by atoms with E-state index in [4.69, 9.17) is 9.47 Å². The first-order valence-electron chi connectivity index (χ1n) is 9.23. The summed E-state index contributed by atoms with van der Waals surface area (Å²) in [6, 6.07) is 10.7. The predicted octanol–water partition coefficient (Wildman–Crippen LogP) is 2.46. The Labute approximate surface area is 161 Å². The molecule has 2 aliphatic heterocycles. The van der Waals surface area contributed by atoms with Gasteiger partial charge in [-0.15, -0.1) is 0 Å². The third kappa shape index (κ3) is 3.13. The molecule has 2 aliphatic rings. The Balaban J connectivity index is 1.41. The largest absolute Gasteiger partial charge is 0.460 e. The zero-order chi connectivity index (χ0) is 19.8. The van der Waals surface area contributed by atoms with Gasteiger partial charge in [0.25, 0.3) is 11.8 Å². The van der Waals surface area contributed by atoms with E-state index in [1.54, 1.807) is 31.2 Å². The Morgan fingerprint density at radius 3 is 2.32 bits per heavy atom. The van der Waals surface area contributed by atoms with E-state index in [2.05, 4.69) is 0 Å². The number of nitrogens with zero attached hydrogens (tertiary/aromatic N) is 1. The molecule has 28 heavy (non-hydrogen) atoms. The van der Waals surface area contributed by atoms with Crippen molar-refractivity contribution in [2.45, 2.75) is 38.4 Å². The number of amides is 2. The molecule has 7 nitrogen and oxygen atoms in total. The maximum absolute atomic E-state index is 12.8. The summed E-state index contributed by atoms with van der Waals surface area (Å²) in [7, 11) is 0. The van der Waals surface area contributed by atoms with Crippen molar-refractivity contribution in [2.75, 3.05) is 6.54 Å². The van der Waals surface area contributed by atoms with Gasteiger partial charge in [-0.3, -0.25) is 19.3 Å². The van der Waals surface area contributed by atoms with Crippen LogP contribution in [0.25, 0.3) is 10.8 Å². The van der Waals surface area contributed by atoms with Crippen molar-refractivity contribution in [3.63, 3.8) is 0 Å². The number of cyclic esters (lactones) is 1. The summed E-state index contributed by atoms with van der Waals surface area (Å²) in [4.78, 5) is 50.2. The molecule has 144 valence electrons. The van der Waals surface area contributed by atoms with Crippen molar-refractivity contribution >= 4 is 34.5 Å². The Morgan fingerprint density at radius 1 is 1.11 bits per heavy atom. The molecular formula is C21H19NO6. The average molecular weight is 381 g/mol. The van der Waals surface area contributed by atoms with Crippen LogP contribution in [-0.4, -0.2) is 47.4 Å². The van der Waals surface area contributed by atoms with Crippen molar-refractivity contribution in [1.29, 1.82) is 0 Å². The first kappa shape index (κ1) is 18.2. The minimum atomic E-state index is -0.870. The highest BCUT2D eigenvalue weighted by Gasteiger charge is 2.35. The van der Waals surface area contributed by atoms with Gasteiger partial charge in [0.05, 0.1) is 0 Å². The maximum Gasteiger partial charge on any atom is 0.347 e. The molecule has 0 radical (unpaired) electrons. The number of hydrogen-bond acceptors (Lipinski definition) is 6. The lowest BCUT2D eigenvalue weighted by atomic mass is 9.94. The van der Waals surface area contributed by atoms with Gasteiger partial charge in [-0.05, 0) is 30.9 Å². The van der Waals surface area contributed by atoms with E-state index >= 15 is 0 Å². The van der Waals surface area contributed by atoms with Gasteiger partial charge in [-0.2, -0.15) is 0 Å². The van der Waals surface area contributed by atoms with Crippen LogP contribution in [0.4, 0.5) is 0 Å². The van der Waals surface area contributed by atoms with Gasteiger partial charge < -0.3 is 9.47 Å². The molecule has 7 heteroatoms. The molecule has 0 spiro atoms. The summed E-state index contributed by atoms with van der Waals surface area (Å²) >= 11 is 0. The molecule has 1 fully saturated rings. The Bertz CT molecular complexity index is 947. The second-order valence-electron chi connectivity index (χ2n) is 7.04. The Kier molecular flexibility index (Phi) is 4.58. The lowest BCUT2D eigenvalue weighted by Gasteiger charge is -2.27. The van der Waals surface area contributed by atoms with Gasteiger partial charge in [-0.1, -0.05) is 24.3 Å². The van der Waals surface area contributed by atoms with E-state index in [0.717, 1.165) is 10.3 Å². The van der Waals surface area contributed by atoms with Crippen LogP contribution in [-0.2, 0) is 19.1 Å². The number of hydrogen-bond donors (Lipinski definition) is 0. The fraction of sp³-hybridized carbons (Fsp3) is 0.333. The monoisotopic (exact) mass is 381 g/mol. The smallest absolute Gasteiger partial charge is 0.347 e. The predicted molar refractivity (Wildman–Crippen MR) is 98.6 cm³/mol. The van der Waals surface area contributed by atoms with E-state index in [1.807, 2.05) is 12.1 Å². The number of benzene rings is 2. The zero-order valence-corrected chi connectivity index (χ0v) is 15.3. The van der Waals surface area contributed by atoms with E-state index in [0.29, 0.717) is 22.9 Å². The van der Waals surface area contributed by atoms with Crippen LogP contribution < -0.4 is 0 Å². The summed E-state index contributed by atoms with van der Waals surface area (Å²) in [6.45, 7) is 1.83. The van der Waals surface area contributed by atoms with E-state index in [9.17, 15) is 19.2 Å². The first-order valence-corrected chi connectivity index (χ1v) is 9.23. The minimum absolute atomic E-state index is 0.00106. The van der Waals surface area contributed by atoms with E-state index in [1.165, 1.54) is 0 Å². The number of ether oxygens (including phenoxy) is 2. The molecular weight excluding hydrogens is 362 g/mol. The summed E-state index contributed by atoms with van der Waals surface area (Å²) in [5, 5.41) is 1.52. The van der Waals surface area contributed by atoms with E-state index < -0.39 is 18.0 Å².